The number of nitrogens with one attached hydrogen (secondary N) is 2. The lowest BCUT2D eigenvalue weighted by molar-refractivity contribution is -0.135. The Hall–Kier alpha value is -2.64. The molecule has 0 unspecified atom stereocenters. The number of halogens is 1. The van der Waals surface area contributed by atoms with Crippen LogP contribution >= 0.6 is 0 Å². The van der Waals surface area contributed by atoms with Gasteiger partial charge in [0.05, 0.1) is 11.4 Å². The van der Waals surface area contributed by atoms with Crippen LogP contribution < -0.4 is 15.5 Å². The predicted molar refractivity (Wildman–Crippen MR) is 116 cm³/mol. The van der Waals surface area contributed by atoms with E-state index >= 15 is 0 Å². The molecular weight excluding hydrogens is 399 g/mol. The lowest BCUT2D eigenvalue weighted by atomic mass is 9.75. The number of carbonyl (C=O) groups excluding carboxylic acids is 3. The van der Waals surface area contributed by atoms with Gasteiger partial charge in [0.1, 0.15) is 17.9 Å². The maximum absolute atomic E-state index is 13.9. The highest BCUT2D eigenvalue weighted by atomic mass is 19.1. The van der Waals surface area contributed by atoms with Crippen molar-refractivity contribution in [2.24, 2.45) is 5.92 Å². The summed E-state index contributed by atoms with van der Waals surface area (Å²) in [5.74, 6) is -0.698. The first kappa shape index (κ1) is 21.6. The SMILES string of the molecule is CCC1CCC2(CC1)NC(=O)N(CC(=O)Nc1cc(F)ccc1N1CCCCC1)C2=O. The van der Waals surface area contributed by atoms with E-state index in [2.05, 4.69) is 22.5 Å². The minimum Gasteiger partial charge on any atom is -0.370 e. The van der Waals surface area contributed by atoms with Crippen LogP contribution in [0.15, 0.2) is 18.2 Å². The fraction of sp³-hybridized carbons (Fsp3) is 0.609. The van der Waals surface area contributed by atoms with Gasteiger partial charge in [-0.2, -0.15) is 0 Å². The molecule has 7 nitrogen and oxygen atoms in total. The number of rotatable bonds is 5. The Balaban J connectivity index is 1.44. The van der Waals surface area contributed by atoms with Crippen LogP contribution in [0, 0.1) is 11.7 Å². The molecule has 0 radical (unpaired) electrons. The summed E-state index contributed by atoms with van der Waals surface area (Å²) in [5.41, 5.74) is 0.263. The Bertz CT molecular complexity index is 860. The number of hydrogen-bond donors (Lipinski definition) is 2. The van der Waals surface area contributed by atoms with Crippen LogP contribution in [0.3, 0.4) is 0 Å². The van der Waals surface area contributed by atoms with Crippen molar-refractivity contribution in [3.63, 3.8) is 0 Å². The number of hydrogen-bond acceptors (Lipinski definition) is 4. The molecule has 0 bridgehead atoms. The smallest absolute Gasteiger partial charge is 0.325 e. The number of urea groups is 1. The number of anilines is 2. The molecule has 1 aromatic rings. The number of piperidine rings is 1. The molecule has 168 valence electrons. The first-order valence-corrected chi connectivity index (χ1v) is 11.4. The van der Waals surface area contributed by atoms with Gasteiger partial charge in [-0.05, 0) is 69.1 Å². The van der Waals surface area contributed by atoms with Crippen molar-refractivity contribution in [1.82, 2.24) is 10.2 Å². The van der Waals surface area contributed by atoms with Crippen molar-refractivity contribution in [2.75, 3.05) is 29.9 Å². The van der Waals surface area contributed by atoms with E-state index < -0.39 is 23.3 Å². The van der Waals surface area contributed by atoms with Crippen molar-refractivity contribution in [1.29, 1.82) is 0 Å². The highest BCUT2D eigenvalue weighted by molar-refractivity contribution is 6.10. The molecule has 2 N–H and O–H groups in total. The number of benzene rings is 1. The third-order valence-corrected chi connectivity index (χ3v) is 7.01. The van der Waals surface area contributed by atoms with Gasteiger partial charge in [-0.15, -0.1) is 0 Å². The molecule has 2 heterocycles. The summed E-state index contributed by atoms with van der Waals surface area (Å²) in [6, 6.07) is 3.82. The van der Waals surface area contributed by atoms with Crippen LogP contribution in [0.2, 0.25) is 0 Å². The first-order chi connectivity index (χ1) is 14.9. The fourth-order valence-corrected chi connectivity index (χ4v) is 5.09. The Morgan fingerprint density at radius 1 is 1.19 bits per heavy atom. The third kappa shape index (κ3) is 4.38. The lowest BCUT2D eigenvalue weighted by Crippen LogP contribution is -2.49. The van der Waals surface area contributed by atoms with E-state index in [9.17, 15) is 18.8 Å². The van der Waals surface area contributed by atoms with E-state index in [0.717, 1.165) is 62.2 Å². The molecule has 0 aromatic heterocycles. The summed E-state index contributed by atoms with van der Waals surface area (Å²) in [7, 11) is 0. The van der Waals surface area contributed by atoms with Crippen LogP contribution in [0.4, 0.5) is 20.6 Å². The molecule has 1 aromatic carbocycles. The zero-order valence-corrected chi connectivity index (χ0v) is 18.1. The van der Waals surface area contributed by atoms with Gasteiger partial charge in [0.2, 0.25) is 5.91 Å². The predicted octanol–water partition coefficient (Wildman–Crippen LogP) is 3.65. The molecule has 1 saturated carbocycles. The zero-order chi connectivity index (χ0) is 22.0. The Labute approximate surface area is 182 Å². The molecular formula is C23H31FN4O3. The molecule has 31 heavy (non-hydrogen) atoms. The van der Waals surface area contributed by atoms with E-state index in [1.54, 1.807) is 6.07 Å². The van der Waals surface area contributed by atoms with Crippen molar-refractivity contribution >= 4 is 29.2 Å². The molecule has 4 rings (SSSR count). The second-order valence-corrected chi connectivity index (χ2v) is 9.01. The van der Waals surface area contributed by atoms with Crippen LogP contribution in [0.1, 0.15) is 58.3 Å². The average molecular weight is 431 g/mol. The van der Waals surface area contributed by atoms with Gasteiger partial charge < -0.3 is 15.5 Å². The minimum absolute atomic E-state index is 0.322. The van der Waals surface area contributed by atoms with Gasteiger partial charge in [0, 0.05) is 13.1 Å². The van der Waals surface area contributed by atoms with Gasteiger partial charge in [-0.25, -0.2) is 9.18 Å². The fourth-order valence-electron chi connectivity index (χ4n) is 5.09. The number of nitrogens with zero attached hydrogens (tertiary/aromatic N) is 2. The molecule has 1 aliphatic carbocycles. The molecule has 0 atom stereocenters. The summed E-state index contributed by atoms with van der Waals surface area (Å²) in [6.07, 6.45) is 7.33. The third-order valence-electron chi connectivity index (χ3n) is 7.01. The lowest BCUT2D eigenvalue weighted by Gasteiger charge is -2.34. The quantitative estimate of drug-likeness (QED) is 0.699. The molecule has 2 aliphatic heterocycles. The van der Waals surface area contributed by atoms with Crippen LogP contribution in [-0.4, -0.2) is 47.9 Å². The molecule has 1 spiro atoms. The first-order valence-electron chi connectivity index (χ1n) is 11.4. The molecule has 8 heteroatoms. The van der Waals surface area contributed by atoms with Gasteiger partial charge in [-0.3, -0.25) is 14.5 Å². The zero-order valence-electron chi connectivity index (χ0n) is 18.1. The van der Waals surface area contributed by atoms with Crippen molar-refractivity contribution < 1.29 is 18.8 Å². The Kier molecular flexibility index (Phi) is 6.16. The standard InChI is InChI=1S/C23H31FN4O3/c1-2-16-8-10-23(11-9-16)21(30)28(22(31)26-23)15-20(29)25-18-14-17(24)6-7-19(18)27-12-4-3-5-13-27/h6-7,14,16H,2-5,8-13,15H2,1H3,(H,25,29)(H,26,31). The highest BCUT2D eigenvalue weighted by Crippen LogP contribution is 2.37. The van der Waals surface area contributed by atoms with Crippen LogP contribution in [0.5, 0.6) is 0 Å². The second-order valence-electron chi connectivity index (χ2n) is 9.01. The Morgan fingerprint density at radius 3 is 2.58 bits per heavy atom. The molecule has 3 fully saturated rings. The summed E-state index contributed by atoms with van der Waals surface area (Å²) in [5, 5.41) is 5.57. The van der Waals surface area contributed by atoms with Crippen molar-refractivity contribution in [3.05, 3.63) is 24.0 Å². The normalized spacial score (nSPS) is 26.3. The van der Waals surface area contributed by atoms with E-state index in [1.165, 1.54) is 12.1 Å². The van der Waals surface area contributed by atoms with Gasteiger partial charge in [-0.1, -0.05) is 13.3 Å². The summed E-state index contributed by atoms with van der Waals surface area (Å²) in [4.78, 5) is 41.4. The number of carbonyl (C=O) groups is 3. The summed E-state index contributed by atoms with van der Waals surface area (Å²) in [6.45, 7) is 3.46. The molecule has 2 saturated heterocycles. The minimum atomic E-state index is -0.874. The average Bonchev–Trinajstić information content (AvgIpc) is 2.99. The van der Waals surface area contributed by atoms with E-state index in [4.69, 9.17) is 0 Å². The van der Waals surface area contributed by atoms with Gasteiger partial charge >= 0.3 is 6.03 Å². The topological polar surface area (TPSA) is 81.8 Å². The highest BCUT2D eigenvalue weighted by Gasteiger charge is 2.52. The van der Waals surface area contributed by atoms with Gasteiger partial charge in [0.25, 0.3) is 5.91 Å². The second kappa shape index (κ2) is 8.85. The van der Waals surface area contributed by atoms with Crippen molar-refractivity contribution in [2.45, 2.75) is 63.8 Å². The van der Waals surface area contributed by atoms with Crippen LogP contribution in [-0.2, 0) is 9.59 Å². The molecule has 4 amide bonds. The Morgan fingerprint density at radius 2 is 1.90 bits per heavy atom. The summed E-state index contributed by atoms with van der Waals surface area (Å²) < 4.78 is 13.9. The van der Waals surface area contributed by atoms with E-state index in [1.807, 2.05) is 0 Å². The van der Waals surface area contributed by atoms with Crippen molar-refractivity contribution in [3.8, 4) is 0 Å². The molecule has 3 aliphatic rings. The maximum atomic E-state index is 13.9. The number of amides is 4. The largest absolute Gasteiger partial charge is 0.370 e. The monoisotopic (exact) mass is 430 g/mol. The van der Waals surface area contributed by atoms with E-state index in [0.29, 0.717) is 24.4 Å². The van der Waals surface area contributed by atoms with Gasteiger partial charge in [0.15, 0.2) is 0 Å². The summed E-state index contributed by atoms with van der Waals surface area (Å²) >= 11 is 0. The maximum Gasteiger partial charge on any atom is 0.325 e. The van der Waals surface area contributed by atoms with Crippen LogP contribution in [0.25, 0.3) is 0 Å². The number of imide groups is 1. The van der Waals surface area contributed by atoms with E-state index in [-0.39, 0.29) is 12.5 Å².